The van der Waals surface area contributed by atoms with Crippen LogP contribution in [0.4, 0.5) is 0 Å². The van der Waals surface area contributed by atoms with E-state index in [4.69, 9.17) is 0 Å². The van der Waals surface area contributed by atoms with Crippen LogP contribution in [0.5, 0.6) is 0 Å². The first-order valence-electron chi connectivity index (χ1n) is 7.47. The first-order valence-corrected chi connectivity index (χ1v) is 7.47. The molecular weight excluding hydrogens is 232 g/mol. The number of hydrogen-bond donors (Lipinski definition) is 1. The summed E-state index contributed by atoms with van der Waals surface area (Å²) in [4.78, 5) is 2.56. The lowest BCUT2D eigenvalue weighted by Gasteiger charge is -2.35. The fraction of sp³-hybridized carbons (Fsp3) is 0.647. The van der Waals surface area contributed by atoms with Crippen molar-refractivity contribution >= 4 is 0 Å². The third kappa shape index (κ3) is 4.63. The molecule has 1 aromatic rings. The number of benzene rings is 1. The van der Waals surface area contributed by atoms with Gasteiger partial charge < -0.3 is 5.32 Å². The molecule has 0 aliphatic heterocycles. The first kappa shape index (κ1) is 16.2. The van der Waals surface area contributed by atoms with E-state index in [0.717, 1.165) is 13.1 Å². The quantitative estimate of drug-likeness (QED) is 0.807. The lowest BCUT2D eigenvalue weighted by molar-refractivity contribution is 0.162. The molecule has 0 aromatic heterocycles. The van der Waals surface area contributed by atoms with Crippen molar-refractivity contribution in [3.05, 3.63) is 35.4 Å². The molecule has 0 saturated carbocycles. The minimum Gasteiger partial charge on any atom is -0.312 e. The van der Waals surface area contributed by atoms with Gasteiger partial charge in [0, 0.05) is 18.6 Å². The van der Waals surface area contributed by atoms with Crippen LogP contribution in [-0.2, 0) is 0 Å². The molecular formula is C17H30N2. The predicted molar refractivity (Wildman–Crippen MR) is 84.5 cm³/mol. The molecule has 0 bridgehead atoms. The second-order valence-electron chi connectivity index (χ2n) is 5.90. The number of nitrogens with zero attached hydrogens (tertiary/aromatic N) is 1. The van der Waals surface area contributed by atoms with E-state index in [1.165, 1.54) is 11.1 Å². The van der Waals surface area contributed by atoms with Gasteiger partial charge >= 0.3 is 0 Å². The van der Waals surface area contributed by atoms with Crippen molar-refractivity contribution in [2.45, 2.75) is 46.7 Å². The summed E-state index contributed by atoms with van der Waals surface area (Å²) >= 11 is 0. The SMILES string of the molecule is CCN(CC(C)C)C(C)C(NC)c1ccc(C)cc1. The van der Waals surface area contributed by atoms with Gasteiger partial charge in [-0.2, -0.15) is 0 Å². The molecule has 0 radical (unpaired) electrons. The van der Waals surface area contributed by atoms with Crippen molar-refractivity contribution in [3.63, 3.8) is 0 Å². The molecule has 0 aliphatic rings. The van der Waals surface area contributed by atoms with E-state index in [9.17, 15) is 0 Å². The Morgan fingerprint density at radius 1 is 1.11 bits per heavy atom. The highest BCUT2D eigenvalue weighted by Crippen LogP contribution is 2.21. The van der Waals surface area contributed by atoms with Gasteiger partial charge in [-0.25, -0.2) is 0 Å². The molecule has 1 rings (SSSR count). The second-order valence-corrected chi connectivity index (χ2v) is 5.90. The molecule has 0 aliphatic carbocycles. The van der Waals surface area contributed by atoms with Crippen LogP contribution in [0.25, 0.3) is 0 Å². The van der Waals surface area contributed by atoms with E-state index in [-0.39, 0.29) is 0 Å². The molecule has 1 N–H and O–H groups in total. The zero-order valence-corrected chi connectivity index (χ0v) is 13.4. The Labute approximate surface area is 119 Å². The zero-order valence-electron chi connectivity index (χ0n) is 13.4. The standard InChI is InChI=1S/C17H30N2/c1-7-19(12-13(2)3)15(5)17(18-6)16-10-8-14(4)9-11-16/h8-11,13,15,17-18H,7,12H2,1-6H3. The van der Waals surface area contributed by atoms with Crippen molar-refractivity contribution in [1.29, 1.82) is 0 Å². The number of hydrogen-bond acceptors (Lipinski definition) is 2. The fourth-order valence-corrected chi connectivity index (χ4v) is 2.72. The minimum absolute atomic E-state index is 0.388. The van der Waals surface area contributed by atoms with E-state index in [2.05, 4.69) is 76.1 Å². The van der Waals surface area contributed by atoms with E-state index in [1.807, 2.05) is 0 Å². The molecule has 2 atom stereocenters. The van der Waals surface area contributed by atoms with Gasteiger partial charge in [-0.05, 0) is 38.9 Å². The third-order valence-electron chi connectivity index (χ3n) is 3.81. The summed E-state index contributed by atoms with van der Waals surface area (Å²) in [7, 11) is 2.06. The van der Waals surface area contributed by atoms with E-state index < -0.39 is 0 Å². The molecule has 0 fully saturated rings. The summed E-state index contributed by atoms with van der Waals surface area (Å²) in [5.74, 6) is 0.706. The highest BCUT2D eigenvalue weighted by molar-refractivity contribution is 5.25. The Bertz CT molecular complexity index is 356. The lowest BCUT2D eigenvalue weighted by Crippen LogP contribution is -2.43. The van der Waals surface area contributed by atoms with Crippen LogP contribution in [0.1, 0.15) is 44.9 Å². The molecule has 2 unspecified atom stereocenters. The van der Waals surface area contributed by atoms with Crippen LogP contribution in [0.15, 0.2) is 24.3 Å². The van der Waals surface area contributed by atoms with Crippen LogP contribution in [0.3, 0.4) is 0 Å². The normalized spacial score (nSPS) is 14.9. The van der Waals surface area contributed by atoms with E-state index >= 15 is 0 Å². The largest absolute Gasteiger partial charge is 0.312 e. The zero-order chi connectivity index (χ0) is 14.4. The van der Waals surface area contributed by atoms with Crippen molar-refractivity contribution < 1.29 is 0 Å². The molecule has 108 valence electrons. The summed E-state index contributed by atoms with van der Waals surface area (Å²) < 4.78 is 0. The summed E-state index contributed by atoms with van der Waals surface area (Å²) in [6, 6.07) is 9.78. The van der Waals surface area contributed by atoms with Gasteiger partial charge in [-0.15, -0.1) is 0 Å². The van der Waals surface area contributed by atoms with Crippen molar-refractivity contribution in [1.82, 2.24) is 10.2 Å². The monoisotopic (exact) mass is 262 g/mol. The molecule has 2 heteroatoms. The van der Waals surface area contributed by atoms with Gasteiger partial charge in [0.15, 0.2) is 0 Å². The smallest absolute Gasteiger partial charge is 0.0473 e. The average molecular weight is 262 g/mol. The molecule has 19 heavy (non-hydrogen) atoms. The molecule has 2 nitrogen and oxygen atoms in total. The van der Waals surface area contributed by atoms with E-state index in [0.29, 0.717) is 18.0 Å². The molecule has 0 amide bonds. The summed E-state index contributed by atoms with van der Waals surface area (Å²) in [5.41, 5.74) is 2.70. The van der Waals surface area contributed by atoms with Gasteiger partial charge in [0.05, 0.1) is 0 Å². The Hall–Kier alpha value is -0.860. The fourth-order valence-electron chi connectivity index (χ4n) is 2.72. The predicted octanol–water partition coefficient (Wildman–Crippen LogP) is 3.62. The maximum Gasteiger partial charge on any atom is 0.0473 e. The Morgan fingerprint density at radius 3 is 2.11 bits per heavy atom. The highest BCUT2D eigenvalue weighted by Gasteiger charge is 2.23. The maximum absolute atomic E-state index is 3.48. The van der Waals surface area contributed by atoms with Gasteiger partial charge in [-0.3, -0.25) is 4.90 Å². The van der Waals surface area contributed by atoms with Crippen LogP contribution in [-0.4, -0.2) is 31.1 Å². The van der Waals surface area contributed by atoms with E-state index in [1.54, 1.807) is 0 Å². The Balaban J connectivity index is 2.85. The minimum atomic E-state index is 0.388. The van der Waals surface area contributed by atoms with Gasteiger partial charge in [-0.1, -0.05) is 50.6 Å². The molecule has 0 spiro atoms. The molecule has 0 heterocycles. The number of nitrogens with one attached hydrogen (secondary N) is 1. The van der Waals surface area contributed by atoms with Crippen LogP contribution >= 0.6 is 0 Å². The Morgan fingerprint density at radius 2 is 1.68 bits per heavy atom. The van der Waals surface area contributed by atoms with Gasteiger partial charge in [0.1, 0.15) is 0 Å². The number of likely N-dealkylation sites (N-methyl/N-ethyl adjacent to an activating group) is 2. The number of rotatable bonds is 7. The molecule has 1 aromatic carbocycles. The van der Waals surface area contributed by atoms with Gasteiger partial charge in [0.25, 0.3) is 0 Å². The second kappa shape index (κ2) is 7.66. The van der Waals surface area contributed by atoms with Crippen LogP contribution < -0.4 is 5.32 Å². The van der Waals surface area contributed by atoms with Crippen molar-refractivity contribution in [3.8, 4) is 0 Å². The lowest BCUT2D eigenvalue weighted by atomic mass is 9.97. The first-order chi connectivity index (χ1) is 8.99. The van der Waals surface area contributed by atoms with Crippen molar-refractivity contribution in [2.24, 2.45) is 5.92 Å². The van der Waals surface area contributed by atoms with Gasteiger partial charge in [0.2, 0.25) is 0 Å². The number of aryl methyl sites for hydroxylation is 1. The van der Waals surface area contributed by atoms with Crippen LogP contribution in [0, 0.1) is 12.8 Å². The highest BCUT2D eigenvalue weighted by atomic mass is 15.2. The molecule has 0 saturated heterocycles. The summed E-state index contributed by atoms with van der Waals surface area (Å²) in [5, 5.41) is 3.48. The summed E-state index contributed by atoms with van der Waals surface area (Å²) in [6.45, 7) is 13.5. The topological polar surface area (TPSA) is 15.3 Å². The average Bonchev–Trinajstić information content (AvgIpc) is 2.38. The maximum atomic E-state index is 3.48. The third-order valence-corrected chi connectivity index (χ3v) is 3.81. The van der Waals surface area contributed by atoms with Crippen LogP contribution in [0.2, 0.25) is 0 Å². The summed E-state index contributed by atoms with van der Waals surface area (Å²) in [6.07, 6.45) is 0. The Kier molecular flexibility index (Phi) is 6.53. The van der Waals surface area contributed by atoms with Crippen molar-refractivity contribution in [2.75, 3.05) is 20.1 Å².